The Balaban J connectivity index is 2.40. The molecule has 2 N–H and O–H groups in total. The van der Waals surface area contributed by atoms with Gasteiger partial charge in [-0.2, -0.15) is 0 Å². The SMILES string of the molecule is C#CC(C)(C)NC(=O)CNc1ccccc1. The van der Waals surface area contributed by atoms with Crippen molar-refractivity contribution < 1.29 is 4.79 Å². The Labute approximate surface area is 96.2 Å². The molecule has 0 aromatic heterocycles. The summed E-state index contributed by atoms with van der Waals surface area (Å²) in [5.74, 6) is 2.39. The molecular formula is C13H16N2O. The van der Waals surface area contributed by atoms with E-state index in [9.17, 15) is 4.79 Å². The molecule has 0 aliphatic heterocycles. The van der Waals surface area contributed by atoms with E-state index in [4.69, 9.17) is 6.42 Å². The van der Waals surface area contributed by atoms with Crippen LogP contribution >= 0.6 is 0 Å². The van der Waals surface area contributed by atoms with Gasteiger partial charge in [-0.15, -0.1) is 6.42 Å². The zero-order valence-electron chi connectivity index (χ0n) is 9.58. The van der Waals surface area contributed by atoms with Gasteiger partial charge in [0.1, 0.15) is 0 Å². The molecule has 0 unspecified atom stereocenters. The molecular weight excluding hydrogens is 200 g/mol. The average molecular weight is 216 g/mol. The van der Waals surface area contributed by atoms with Crippen molar-refractivity contribution in [2.24, 2.45) is 0 Å². The van der Waals surface area contributed by atoms with E-state index in [-0.39, 0.29) is 12.5 Å². The van der Waals surface area contributed by atoms with Crippen molar-refractivity contribution >= 4 is 11.6 Å². The van der Waals surface area contributed by atoms with Crippen LogP contribution in [-0.4, -0.2) is 18.0 Å². The van der Waals surface area contributed by atoms with Crippen molar-refractivity contribution in [2.75, 3.05) is 11.9 Å². The third-order valence-corrected chi connectivity index (χ3v) is 2.04. The van der Waals surface area contributed by atoms with Crippen LogP contribution in [0.5, 0.6) is 0 Å². The summed E-state index contributed by atoms with van der Waals surface area (Å²) in [4.78, 5) is 11.5. The van der Waals surface area contributed by atoms with Gasteiger partial charge >= 0.3 is 0 Å². The summed E-state index contributed by atoms with van der Waals surface area (Å²) in [6, 6.07) is 9.54. The fourth-order valence-corrected chi connectivity index (χ4v) is 1.17. The van der Waals surface area contributed by atoms with Crippen LogP contribution in [0.2, 0.25) is 0 Å². The largest absolute Gasteiger partial charge is 0.376 e. The third kappa shape index (κ3) is 4.05. The molecule has 1 rings (SSSR count). The second-order valence-corrected chi connectivity index (χ2v) is 4.04. The highest BCUT2D eigenvalue weighted by molar-refractivity contribution is 5.81. The van der Waals surface area contributed by atoms with E-state index in [1.54, 1.807) is 13.8 Å². The van der Waals surface area contributed by atoms with Crippen LogP contribution in [0.15, 0.2) is 30.3 Å². The van der Waals surface area contributed by atoms with E-state index >= 15 is 0 Å². The van der Waals surface area contributed by atoms with E-state index in [1.165, 1.54) is 0 Å². The highest BCUT2D eigenvalue weighted by atomic mass is 16.2. The summed E-state index contributed by atoms with van der Waals surface area (Å²) in [7, 11) is 0. The van der Waals surface area contributed by atoms with Gasteiger partial charge in [0, 0.05) is 5.69 Å². The first-order valence-electron chi connectivity index (χ1n) is 5.11. The smallest absolute Gasteiger partial charge is 0.240 e. The molecule has 0 aliphatic carbocycles. The first-order chi connectivity index (χ1) is 7.53. The standard InChI is InChI=1S/C13H16N2O/c1-4-13(2,3)15-12(16)10-14-11-8-6-5-7-9-11/h1,5-9,14H,10H2,2-3H3,(H,15,16). The lowest BCUT2D eigenvalue weighted by molar-refractivity contribution is -0.120. The van der Waals surface area contributed by atoms with Crippen LogP contribution in [0.4, 0.5) is 5.69 Å². The van der Waals surface area contributed by atoms with Crippen molar-refractivity contribution in [2.45, 2.75) is 19.4 Å². The minimum absolute atomic E-state index is 0.119. The molecule has 1 aromatic carbocycles. The fraction of sp³-hybridized carbons (Fsp3) is 0.308. The number of carbonyl (C=O) groups excluding carboxylic acids is 1. The average Bonchev–Trinajstić information content (AvgIpc) is 2.27. The Morgan fingerprint density at radius 1 is 1.38 bits per heavy atom. The first-order valence-corrected chi connectivity index (χ1v) is 5.11. The van der Waals surface area contributed by atoms with Gasteiger partial charge in [-0.05, 0) is 26.0 Å². The Morgan fingerprint density at radius 3 is 2.56 bits per heavy atom. The molecule has 0 fully saturated rings. The molecule has 0 spiro atoms. The minimum atomic E-state index is -0.602. The summed E-state index contributed by atoms with van der Waals surface area (Å²) in [6.07, 6.45) is 5.28. The second kappa shape index (κ2) is 5.22. The van der Waals surface area contributed by atoms with Gasteiger partial charge in [0.05, 0.1) is 12.1 Å². The van der Waals surface area contributed by atoms with Gasteiger partial charge < -0.3 is 10.6 Å². The van der Waals surface area contributed by atoms with Crippen molar-refractivity contribution in [1.82, 2.24) is 5.32 Å². The number of hydrogen-bond donors (Lipinski definition) is 2. The number of anilines is 1. The predicted octanol–water partition coefficient (Wildman–Crippen LogP) is 1.63. The summed E-state index contributed by atoms with van der Waals surface area (Å²) in [6.45, 7) is 3.79. The molecule has 0 heterocycles. The number of nitrogens with one attached hydrogen (secondary N) is 2. The number of carbonyl (C=O) groups is 1. The van der Waals surface area contributed by atoms with Gasteiger partial charge in [0.25, 0.3) is 0 Å². The van der Waals surface area contributed by atoms with Gasteiger partial charge in [0.2, 0.25) is 5.91 Å². The monoisotopic (exact) mass is 216 g/mol. The van der Waals surface area contributed by atoms with E-state index in [2.05, 4.69) is 16.6 Å². The molecule has 3 heteroatoms. The Bertz CT molecular complexity index is 390. The van der Waals surface area contributed by atoms with Crippen molar-refractivity contribution in [3.8, 4) is 12.3 Å². The number of para-hydroxylation sites is 1. The number of rotatable bonds is 4. The van der Waals surface area contributed by atoms with E-state index in [0.29, 0.717) is 0 Å². The maximum Gasteiger partial charge on any atom is 0.240 e. The van der Waals surface area contributed by atoms with Gasteiger partial charge in [0.15, 0.2) is 0 Å². The van der Waals surface area contributed by atoms with Crippen molar-refractivity contribution in [3.05, 3.63) is 30.3 Å². The highest BCUT2D eigenvalue weighted by Gasteiger charge is 2.16. The minimum Gasteiger partial charge on any atom is -0.376 e. The third-order valence-electron chi connectivity index (χ3n) is 2.04. The van der Waals surface area contributed by atoms with Crippen LogP contribution in [0.25, 0.3) is 0 Å². The maximum atomic E-state index is 11.5. The molecule has 0 saturated carbocycles. The lowest BCUT2D eigenvalue weighted by atomic mass is 10.1. The van der Waals surface area contributed by atoms with Crippen LogP contribution in [0, 0.1) is 12.3 Å². The molecule has 0 saturated heterocycles. The summed E-state index contributed by atoms with van der Waals surface area (Å²) < 4.78 is 0. The van der Waals surface area contributed by atoms with Crippen LogP contribution < -0.4 is 10.6 Å². The van der Waals surface area contributed by atoms with E-state index in [0.717, 1.165) is 5.69 Å². The van der Waals surface area contributed by atoms with Gasteiger partial charge in [-0.25, -0.2) is 0 Å². The van der Waals surface area contributed by atoms with Crippen LogP contribution in [0.3, 0.4) is 0 Å². The zero-order chi connectivity index (χ0) is 12.0. The van der Waals surface area contributed by atoms with Crippen molar-refractivity contribution in [3.63, 3.8) is 0 Å². The molecule has 16 heavy (non-hydrogen) atoms. The topological polar surface area (TPSA) is 41.1 Å². The number of hydrogen-bond acceptors (Lipinski definition) is 2. The molecule has 1 aromatic rings. The van der Waals surface area contributed by atoms with Gasteiger partial charge in [-0.3, -0.25) is 4.79 Å². The predicted molar refractivity (Wildman–Crippen MR) is 66.0 cm³/mol. The van der Waals surface area contributed by atoms with Gasteiger partial charge in [-0.1, -0.05) is 24.1 Å². The normalized spacial score (nSPS) is 10.3. The van der Waals surface area contributed by atoms with Crippen LogP contribution in [0.1, 0.15) is 13.8 Å². The number of terminal acetylenes is 1. The van der Waals surface area contributed by atoms with Crippen LogP contribution in [-0.2, 0) is 4.79 Å². The lowest BCUT2D eigenvalue weighted by Gasteiger charge is -2.19. The zero-order valence-corrected chi connectivity index (χ0v) is 9.58. The highest BCUT2D eigenvalue weighted by Crippen LogP contribution is 2.04. The molecule has 0 radical (unpaired) electrons. The maximum absolute atomic E-state index is 11.5. The molecule has 0 aliphatic rings. The quantitative estimate of drug-likeness (QED) is 0.751. The lowest BCUT2D eigenvalue weighted by Crippen LogP contribution is -2.44. The molecule has 0 atom stereocenters. The fourth-order valence-electron chi connectivity index (χ4n) is 1.17. The van der Waals surface area contributed by atoms with Crippen molar-refractivity contribution in [1.29, 1.82) is 0 Å². The summed E-state index contributed by atoms with van der Waals surface area (Å²) >= 11 is 0. The van der Waals surface area contributed by atoms with E-state index < -0.39 is 5.54 Å². The molecule has 3 nitrogen and oxygen atoms in total. The molecule has 1 amide bonds. The first kappa shape index (κ1) is 12.1. The summed E-state index contributed by atoms with van der Waals surface area (Å²) in [5, 5.41) is 5.75. The molecule has 84 valence electrons. The number of amides is 1. The summed E-state index contributed by atoms with van der Waals surface area (Å²) in [5.41, 5.74) is 0.311. The second-order valence-electron chi connectivity index (χ2n) is 4.04. The Hall–Kier alpha value is -1.95. The Morgan fingerprint density at radius 2 is 2.00 bits per heavy atom. The van der Waals surface area contributed by atoms with E-state index in [1.807, 2.05) is 30.3 Å². The number of benzene rings is 1. The molecule has 0 bridgehead atoms. The Kier molecular flexibility index (Phi) is 3.96.